The van der Waals surface area contributed by atoms with Gasteiger partial charge in [-0.3, -0.25) is 19.8 Å². The number of para-hydroxylation sites is 1. The zero-order valence-electron chi connectivity index (χ0n) is 19.3. The van der Waals surface area contributed by atoms with Crippen LogP contribution in [0.25, 0.3) is 5.69 Å². The second kappa shape index (κ2) is 9.30. The first kappa shape index (κ1) is 23.9. The molecule has 4 aromatic rings. The average molecular weight is 521 g/mol. The molecule has 0 aliphatic carbocycles. The number of nitrogens with one attached hydrogen (secondary N) is 2. The summed E-state index contributed by atoms with van der Waals surface area (Å²) < 4.78 is 27.2. The standard InChI is InChI=1S/C25H21ClN6O3S/c1-15-7-13-19(14-8-15)36(34,35)31-30-25(33)23-24-29-28-16(2)32(24)21-6-4-3-5-20(21)22(27-23)17-9-11-18(26)12-10-17/h3-14,23,31H,1-2H3,(H,30,33). The molecule has 1 unspecified atom stereocenters. The molecule has 0 fully saturated rings. The highest BCUT2D eigenvalue weighted by molar-refractivity contribution is 7.89. The molecule has 3 aromatic carbocycles. The van der Waals surface area contributed by atoms with E-state index in [1.165, 1.54) is 12.1 Å². The van der Waals surface area contributed by atoms with Crippen LogP contribution in [0, 0.1) is 13.8 Å². The predicted molar refractivity (Wildman–Crippen MR) is 136 cm³/mol. The van der Waals surface area contributed by atoms with E-state index < -0.39 is 22.0 Å². The minimum atomic E-state index is -4.00. The van der Waals surface area contributed by atoms with Crippen LogP contribution in [-0.4, -0.2) is 34.8 Å². The normalized spacial score (nSPS) is 14.9. The first-order chi connectivity index (χ1) is 17.2. The van der Waals surface area contributed by atoms with E-state index in [4.69, 9.17) is 16.6 Å². The lowest BCUT2D eigenvalue weighted by Gasteiger charge is -2.14. The van der Waals surface area contributed by atoms with E-state index in [2.05, 4.69) is 20.5 Å². The number of halogens is 1. The molecule has 1 aliphatic rings. The van der Waals surface area contributed by atoms with Crippen molar-refractivity contribution in [2.45, 2.75) is 24.8 Å². The van der Waals surface area contributed by atoms with Gasteiger partial charge in [0.1, 0.15) is 5.82 Å². The third kappa shape index (κ3) is 4.41. The molecule has 0 spiro atoms. The number of nitrogens with zero attached hydrogens (tertiary/aromatic N) is 4. The van der Waals surface area contributed by atoms with Crippen LogP contribution < -0.4 is 10.3 Å². The quantitative estimate of drug-likeness (QED) is 0.391. The molecule has 1 amide bonds. The van der Waals surface area contributed by atoms with Gasteiger partial charge in [0.25, 0.3) is 15.9 Å². The molecule has 0 saturated heterocycles. The van der Waals surface area contributed by atoms with E-state index in [1.54, 1.807) is 35.8 Å². The fourth-order valence-corrected chi connectivity index (χ4v) is 4.93. The number of carbonyl (C=O) groups excluding carboxylic acids is 1. The van der Waals surface area contributed by atoms with Gasteiger partial charge in [-0.15, -0.1) is 15.0 Å². The molecule has 36 heavy (non-hydrogen) atoms. The van der Waals surface area contributed by atoms with E-state index >= 15 is 0 Å². The Bertz CT molecular complexity index is 1600. The van der Waals surface area contributed by atoms with Crippen LogP contribution in [0.3, 0.4) is 0 Å². The Labute approximate surface area is 212 Å². The number of rotatable bonds is 5. The van der Waals surface area contributed by atoms with E-state index in [9.17, 15) is 13.2 Å². The third-order valence-electron chi connectivity index (χ3n) is 5.76. The number of carbonyl (C=O) groups is 1. The molecule has 0 saturated carbocycles. The molecule has 9 nitrogen and oxygen atoms in total. The molecule has 2 N–H and O–H groups in total. The topological polar surface area (TPSA) is 118 Å². The Morgan fingerprint density at radius 2 is 1.64 bits per heavy atom. The Morgan fingerprint density at radius 3 is 2.36 bits per heavy atom. The SMILES string of the molecule is Cc1ccc(S(=O)(=O)NNC(=O)C2N=C(c3ccc(Cl)cc3)c3ccccc3-n3c(C)nnc32)cc1. The Balaban J connectivity index is 1.56. The summed E-state index contributed by atoms with van der Waals surface area (Å²) >= 11 is 6.09. The first-order valence-corrected chi connectivity index (χ1v) is 12.8. The minimum absolute atomic E-state index is 0.0195. The van der Waals surface area contributed by atoms with Crippen molar-refractivity contribution in [2.24, 2.45) is 4.99 Å². The van der Waals surface area contributed by atoms with Crippen LogP contribution >= 0.6 is 11.6 Å². The Morgan fingerprint density at radius 1 is 0.944 bits per heavy atom. The van der Waals surface area contributed by atoms with Crippen LogP contribution in [-0.2, 0) is 14.8 Å². The van der Waals surface area contributed by atoms with Gasteiger partial charge in [0.15, 0.2) is 11.9 Å². The lowest BCUT2D eigenvalue weighted by molar-refractivity contribution is -0.123. The number of hydrogen-bond donors (Lipinski definition) is 2. The number of aliphatic imine (C=N–C) groups is 1. The molecular weight excluding hydrogens is 500 g/mol. The van der Waals surface area contributed by atoms with Gasteiger partial charge in [0, 0.05) is 16.1 Å². The van der Waals surface area contributed by atoms with Gasteiger partial charge in [-0.25, -0.2) is 8.42 Å². The molecule has 182 valence electrons. The first-order valence-electron chi connectivity index (χ1n) is 11.0. The number of fused-ring (bicyclic) bond motifs is 3. The summed E-state index contributed by atoms with van der Waals surface area (Å²) in [5.74, 6) is 0.109. The third-order valence-corrected chi connectivity index (χ3v) is 7.27. The second-order valence-corrected chi connectivity index (χ2v) is 10.4. The smallest absolute Gasteiger partial charge is 0.267 e. The van der Waals surface area contributed by atoms with Crippen molar-refractivity contribution in [2.75, 3.05) is 0 Å². The van der Waals surface area contributed by atoms with Gasteiger partial charge in [-0.1, -0.05) is 59.6 Å². The molecule has 11 heteroatoms. The van der Waals surface area contributed by atoms with E-state index in [0.29, 0.717) is 16.6 Å². The van der Waals surface area contributed by atoms with Crippen molar-refractivity contribution >= 4 is 33.2 Å². The minimum Gasteiger partial charge on any atom is -0.280 e. The van der Waals surface area contributed by atoms with Crippen molar-refractivity contribution in [3.8, 4) is 5.69 Å². The lowest BCUT2D eigenvalue weighted by Crippen LogP contribution is -2.44. The fourth-order valence-electron chi connectivity index (χ4n) is 3.95. The van der Waals surface area contributed by atoms with Gasteiger partial charge >= 0.3 is 0 Å². The van der Waals surface area contributed by atoms with Gasteiger partial charge in [0.2, 0.25) is 0 Å². The molecule has 2 heterocycles. The summed E-state index contributed by atoms with van der Waals surface area (Å²) in [6, 6.07) is 19.7. The van der Waals surface area contributed by atoms with Crippen LogP contribution in [0.5, 0.6) is 0 Å². The monoisotopic (exact) mass is 520 g/mol. The summed E-state index contributed by atoms with van der Waals surface area (Å²) in [7, 11) is -4.00. The summed E-state index contributed by atoms with van der Waals surface area (Å²) in [5.41, 5.74) is 6.00. The lowest BCUT2D eigenvalue weighted by atomic mass is 10.0. The highest BCUT2D eigenvalue weighted by atomic mass is 35.5. The Hall–Kier alpha value is -3.86. The van der Waals surface area contributed by atoms with E-state index in [-0.39, 0.29) is 10.7 Å². The van der Waals surface area contributed by atoms with Crippen molar-refractivity contribution in [3.05, 3.63) is 106 Å². The fraction of sp³-hybridized carbons (Fsp3) is 0.120. The molecular formula is C25H21ClN6O3S. The molecule has 1 atom stereocenters. The van der Waals surface area contributed by atoms with Gasteiger partial charge < -0.3 is 0 Å². The largest absolute Gasteiger partial charge is 0.280 e. The maximum atomic E-state index is 13.4. The van der Waals surface area contributed by atoms with Gasteiger partial charge in [-0.2, -0.15) is 0 Å². The zero-order chi connectivity index (χ0) is 25.4. The number of aryl methyl sites for hydroxylation is 2. The number of benzene rings is 3. The van der Waals surface area contributed by atoms with Crippen LogP contribution in [0.2, 0.25) is 5.02 Å². The van der Waals surface area contributed by atoms with Crippen molar-refractivity contribution in [1.82, 2.24) is 25.0 Å². The highest BCUT2D eigenvalue weighted by Crippen LogP contribution is 2.31. The summed E-state index contributed by atoms with van der Waals surface area (Å²) in [6.45, 7) is 3.62. The number of sulfonamides is 1. The summed E-state index contributed by atoms with van der Waals surface area (Å²) in [4.78, 5) is 20.3. The second-order valence-electron chi connectivity index (χ2n) is 8.25. The number of hydrazine groups is 1. The van der Waals surface area contributed by atoms with Crippen LogP contribution in [0.4, 0.5) is 0 Å². The molecule has 0 radical (unpaired) electrons. The maximum Gasteiger partial charge on any atom is 0.267 e. The van der Waals surface area contributed by atoms with Crippen LogP contribution in [0.15, 0.2) is 82.7 Å². The van der Waals surface area contributed by atoms with Crippen molar-refractivity contribution in [1.29, 1.82) is 0 Å². The number of aromatic nitrogens is 3. The summed E-state index contributed by atoms with van der Waals surface area (Å²) in [6.07, 6.45) is 0. The molecule has 1 aromatic heterocycles. The van der Waals surface area contributed by atoms with Crippen LogP contribution in [0.1, 0.15) is 34.4 Å². The number of hydrogen-bond acceptors (Lipinski definition) is 6. The van der Waals surface area contributed by atoms with Gasteiger partial charge in [-0.05, 0) is 44.2 Å². The van der Waals surface area contributed by atoms with E-state index in [1.807, 2.05) is 43.3 Å². The molecule has 1 aliphatic heterocycles. The summed E-state index contributed by atoms with van der Waals surface area (Å²) in [5, 5.41) is 8.94. The molecule has 0 bridgehead atoms. The van der Waals surface area contributed by atoms with Crippen molar-refractivity contribution < 1.29 is 13.2 Å². The van der Waals surface area contributed by atoms with Gasteiger partial charge in [0.05, 0.1) is 16.3 Å². The predicted octanol–water partition coefficient (Wildman–Crippen LogP) is 3.44. The average Bonchev–Trinajstić information content (AvgIpc) is 3.17. The molecule has 5 rings (SSSR count). The maximum absolute atomic E-state index is 13.4. The van der Waals surface area contributed by atoms with Crippen molar-refractivity contribution in [3.63, 3.8) is 0 Å². The highest BCUT2D eigenvalue weighted by Gasteiger charge is 2.33. The number of amides is 1. The Kier molecular flexibility index (Phi) is 6.17. The van der Waals surface area contributed by atoms with E-state index in [0.717, 1.165) is 22.4 Å². The zero-order valence-corrected chi connectivity index (χ0v) is 20.9.